The van der Waals surface area contributed by atoms with Crippen LogP contribution in [0, 0.1) is 0 Å². The predicted octanol–water partition coefficient (Wildman–Crippen LogP) is 1.29. The van der Waals surface area contributed by atoms with Crippen LogP contribution in [0.4, 0.5) is 0 Å². The molecule has 0 aromatic carbocycles. The van der Waals surface area contributed by atoms with Gasteiger partial charge in [0.05, 0.1) is 5.54 Å². The molecular formula is C13H22N4OS. The van der Waals surface area contributed by atoms with Gasteiger partial charge in [0.25, 0.3) is 0 Å². The van der Waals surface area contributed by atoms with Crippen LogP contribution < -0.4 is 11.1 Å². The summed E-state index contributed by atoms with van der Waals surface area (Å²) in [5, 5.41) is 4.75. The molecule has 0 bridgehead atoms. The van der Waals surface area contributed by atoms with Gasteiger partial charge in [0.15, 0.2) is 5.16 Å². The first-order valence-corrected chi connectivity index (χ1v) is 7.52. The highest BCUT2D eigenvalue weighted by molar-refractivity contribution is 7.99. The lowest BCUT2D eigenvalue weighted by Crippen LogP contribution is -2.56. The lowest BCUT2D eigenvalue weighted by Gasteiger charge is -2.29. The molecule has 3 N–H and O–H groups in total. The van der Waals surface area contributed by atoms with E-state index in [0.717, 1.165) is 24.4 Å². The van der Waals surface area contributed by atoms with Crippen molar-refractivity contribution in [3.63, 3.8) is 0 Å². The van der Waals surface area contributed by atoms with Crippen LogP contribution in [-0.2, 0) is 11.8 Å². The average Bonchev–Trinajstić information content (AvgIpc) is 2.88. The average molecular weight is 282 g/mol. The number of carbonyl (C=O) groups excluding carboxylic acids is 1. The van der Waals surface area contributed by atoms with Gasteiger partial charge in [-0.1, -0.05) is 11.8 Å². The van der Waals surface area contributed by atoms with Crippen LogP contribution in [-0.4, -0.2) is 32.3 Å². The Morgan fingerprint density at radius 1 is 1.68 bits per heavy atom. The SMILES string of the molecule is CC(C)NC1(C(N)=O)CCC(Sc2nccn2C)C1. The van der Waals surface area contributed by atoms with Gasteiger partial charge in [0.2, 0.25) is 5.91 Å². The Labute approximate surface area is 118 Å². The van der Waals surface area contributed by atoms with E-state index < -0.39 is 5.54 Å². The van der Waals surface area contributed by atoms with Crippen LogP contribution >= 0.6 is 11.8 Å². The normalized spacial score (nSPS) is 27.1. The summed E-state index contributed by atoms with van der Waals surface area (Å²) < 4.78 is 2.00. The largest absolute Gasteiger partial charge is 0.368 e. The predicted molar refractivity (Wildman–Crippen MR) is 76.9 cm³/mol. The third kappa shape index (κ3) is 3.12. The Hall–Kier alpha value is -1.01. The molecule has 0 spiro atoms. The molecule has 2 rings (SSSR count). The molecule has 0 aliphatic heterocycles. The van der Waals surface area contributed by atoms with Crippen molar-refractivity contribution in [2.75, 3.05) is 0 Å². The molecule has 2 atom stereocenters. The zero-order valence-electron chi connectivity index (χ0n) is 11.7. The molecule has 1 fully saturated rings. The minimum Gasteiger partial charge on any atom is -0.368 e. The molecule has 6 heteroatoms. The highest BCUT2D eigenvalue weighted by Gasteiger charge is 2.44. The molecule has 1 aliphatic rings. The van der Waals surface area contributed by atoms with Crippen molar-refractivity contribution in [3.05, 3.63) is 12.4 Å². The fourth-order valence-electron chi connectivity index (χ4n) is 2.69. The lowest BCUT2D eigenvalue weighted by atomic mass is 9.96. The maximum atomic E-state index is 11.8. The fraction of sp³-hybridized carbons (Fsp3) is 0.692. The van der Waals surface area contributed by atoms with Gasteiger partial charge in [-0.2, -0.15) is 0 Å². The molecule has 2 unspecified atom stereocenters. The smallest absolute Gasteiger partial charge is 0.237 e. The standard InChI is InChI=1S/C13H22N4OS/c1-9(2)16-13(11(14)18)5-4-10(8-13)19-12-15-6-7-17(12)3/h6-7,9-10,16H,4-5,8H2,1-3H3,(H2,14,18). The maximum Gasteiger partial charge on any atom is 0.237 e. The second-order valence-corrected chi connectivity index (χ2v) is 6.82. The molecule has 1 heterocycles. The molecule has 0 saturated heterocycles. The Morgan fingerprint density at radius 3 is 2.95 bits per heavy atom. The minimum atomic E-state index is -0.545. The molecule has 1 aliphatic carbocycles. The molecule has 1 amide bonds. The summed E-state index contributed by atoms with van der Waals surface area (Å²) in [5.41, 5.74) is 5.07. The van der Waals surface area contributed by atoms with Crippen molar-refractivity contribution >= 4 is 17.7 Å². The zero-order valence-corrected chi connectivity index (χ0v) is 12.5. The molecule has 5 nitrogen and oxygen atoms in total. The van der Waals surface area contributed by atoms with E-state index in [1.54, 1.807) is 18.0 Å². The zero-order chi connectivity index (χ0) is 14.0. The third-order valence-electron chi connectivity index (χ3n) is 3.55. The Kier molecular flexibility index (Phi) is 4.20. The van der Waals surface area contributed by atoms with Crippen LogP contribution in [0.3, 0.4) is 0 Å². The van der Waals surface area contributed by atoms with E-state index in [-0.39, 0.29) is 11.9 Å². The number of hydrogen-bond acceptors (Lipinski definition) is 4. The van der Waals surface area contributed by atoms with Crippen LogP contribution in [0.15, 0.2) is 17.6 Å². The summed E-state index contributed by atoms with van der Waals surface area (Å²) in [6, 6.07) is 0.254. The monoisotopic (exact) mass is 282 g/mol. The van der Waals surface area contributed by atoms with E-state index in [1.165, 1.54) is 0 Å². The highest BCUT2D eigenvalue weighted by Crippen LogP contribution is 2.39. The number of aryl methyl sites for hydroxylation is 1. The Morgan fingerprint density at radius 2 is 2.42 bits per heavy atom. The van der Waals surface area contributed by atoms with Crippen molar-refractivity contribution in [1.29, 1.82) is 0 Å². The number of nitrogens with zero attached hydrogens (tertiary/aromatic N) is 2. The third-order valence-corrected chi connectivity index (χ3v) is 4.89. The minimum absolute atomic E-state index is 0.232. The number of nitrogens with two attached hydrogens (primary N) is 1. The number of amides is 1. The number of primary amides is 1. The van der Waals surface area contributed by atoms with Crippen molar-refractivity contribution < 1.29 is 4.79 Å². The maximum absolute atomic E-state index is 11.8. The topological polar surface area (TPSA) is 72.9 Å². The van der Waals surface area contributed by atoms with Gasteiger partial charge in [0, 0.05) is 30.7 Å². The van der Waals surface area contributed by atoms with Crippen molar-refractivity contribution in [2.45, 2.75) is 55.1 Å². The number of carbonyl (C=O) groups is 1. The Balaban J connectivity index is 2.04. The van der Waals surface area contributed by atoms with E-state index in [2.05, 4.69) is 10.3 Å². The molecule has 0 radical (unpaired) electrons. The molecule has 1 aromatic rings. The van der Waals surface area contributed by atoms with E-state index >= 15 is 0 Å². The summed E-state index contributed by atoms with van der Waals surface area (Å²) in [6.07, 6.45) is 6.30. The quantitative estimate of drug-likeness (QED) is 0.853. The highest BCUT2D eigenvalue weighted by atomic mass is 32.2. The van der Waals surface area contributed by atoms with E-state index in [1.807, 2.05) is 31.7 Å². The molecule has 1 saturated carbocycles. The van der Waals surface area contributed by atoms with Gasteiger partial charge < -0.3 is 15.6 Å². The number of thioether (sulfide) groups is 1. The van der Waals surface area contributed by atoms with Crippen molar-refractivity contribution in [2.24, 2.45) is 12.8 Å². The van der Waals surface area contributed by atoms with Crippen LogP contribution in [0.25, 0.3) is 0 Å². The second-order valence-electron chi connectivity index (χ2n) is 5.55. The van der Waals surface area contributed by atoms with Crippen LogP contribution in [0.5, 0.6) is 0 Å². The molecule has 19 heavy (non-hydrogen) atoms. The number of rotatable bonds is 5. The first-order chi connectivity index (χ1) is 8.93. The number of hydrogen-bond donors (Lipinski definition) is 2. The van der Waals surface area contributed by atoms with Crippen molar-refractivity contribution in [1.82, 2.24) is 14.9 Å². The fourth-order valence-corrected chi connectivity index (χ4v) is 3.94. The lowest BCUT2D eigenvalue weighted by molar-refractivity contribution is -0.124. The van der Waals surface area contributed by atoms with E-state index in [0.29, 0.717) is 5.25 Å². The molecule has 1 aromatic heterocycles. The summed E-state index contributed by atoms with van der Waals surface area (Å²) in [5.74, 6) is -0.232. The summed E-state index contributed by atoms with van der Waals surface area (Å²) in [6.45, 7) is 4.09. The molecule has 106 valence electrons. The first kappa shape index (κ1) is 14.4. The van der Waals surface area contributed by atoms with Crippen LogP contribution in [0.2, 0.25) is 0 Å². The Bertz CT molecular complexity index is 459. The molecular weight excluding hydrogens is 260 g/mol. The van der Waals surface area contributed by atoms with E-state index in [4.69, 9.17) is 5.73 Å². The summed E-state index contributed by atoms with van der Waals surface area (Å²) in [7, 11) is 1.98. The van der Waals surface area contributed by atoms with Gasteiger partial charge in [0.1, 0.15) is 0 Å². The number of imidazole rings is 1. The van der Waals surface area contributed by atoms with E-state index in [9.17, 15) is 4.79 Å². The van der Waals surface area contributed by atoms with Gasteiger partial charge in [-0.25, -0.2) is 4.98 Å². The van der Waals surface area contributed by atoms with Gasteiger partial charge in [-0.3, -0.25) is 4.79 Å². The second kappa shape index (κ2) is 5.54. The number of nitrogens with one attached hydrogen (secondary N) is 1. The van der Waals surface area contributed by atoms with Gasteiger partial charge >= 0.3 is 0 Å². The number of aromatic nitrogens is 2. The van der Waals surface area contributed by atoms with Crippen molar-refractivity contribution in [3.8, 4) is 0 Å². The van der Waals surface area contributed by atoms with Gasteiger partial charge in [-0.15, -0.1) is 0 Å². The first-order valence-electron chi connectivity index (χ1n) is 6.64. The summed E-state index contributed by atoms with van der Waals surface area (Å²) in [4.78, 5) is 16.1. The van der Waals surface area contributed by atoms with Gasteiger partial charge in [-0.05, 0) is 33.1 Å². The summed E-state index contributed by atoms with van der Waals surface area (Å²) >= 11 is 1.74. The van der Waals surface area contributed by atoms with Crippen LogP contribution in [0.1, 0.15) is 33.1 Å².